The van der Waals surface area contributed by atoms with Crippen LogP contribution in [-0.2, 0) is 19.1 Å². The normalized spacial score (nSPS) is 17.2. The number of hydrogen-bond donors (Lipinski definition) is 1. The molecule has 6 nitrogen and oxygen atoms in total. The van der Waals surface area contributed by atoms with Crippen LogP contribution in [0.15, 0.2) is 42.5 Å². The quantitative estimate of drug-likeness (QED) is 0.780. The summed E-state index contributed by atoms with van der Waals surface area (Å²) in [5, 5.41) is 2.35. The number of nitrogens with one attached hydrogen (secondary N) is 1. The van der Waals surface area contributed by atoms with Gasteiger partial charge in [-0.2, -0.15) is 0 Å². The maximum Gasteiger partial charge on any atom is 0.312 e. The second-order valence-electron chi connectivity index (χ2n) is 6.94. The Hall–Kier alpha value is -3.29. The molecule has 1 fully saturated rings. The van der Waals surface area contributed by atoms with Crippen LogP contribution in [0.25, 0.3) is 0 Å². The predicted molar refractivity (Wildman–Crippen MR) is 102 cm³/mol. The molecule has 1 aliphatic heterocycles. The standard InChI is InChI=1S/C21H20F2N2O4/c1-12-3-6-16(7-4-12)25-11-14(9-19(25)26)21(28)29-13(2)20(27)24-15-5-8-17(22)18(23)10-15/h3-8,10,13-14H,9,11H2,1-2H3,(H,24,27)/t13-,14-/m0/s1. The number of nitrogens with zero attached hydrogens (tertiary/aromatic N) is 1. The Morgan fingerprint density at radius 2 is 1.83 bits per heavy atom. The number of amides is 2. The maximum absolute atomic E-state index is 13.2. The maximum atomic E-state index is 13.2. The lowest BCUT2D eigenvalue weighted by Crippen LogP contribution is -2.33. The fourth-order valence-corrected chi connectivity index (χ4v) is 2.98. The number of hydrogen-bond acceptors (Lipinski definition) is 4. The summed E-state index contributed by atoms with van der Waals surface area (Å²) in [6.07, 6.45) is -1.18. The van der Waals surface area contributed by atoms with E-state index in [4.69, 9.17) is 4.74 Å². The number of halogens is 2. The lowest BCUT2D eigenvalue weighted by atomic mass is 10.1. The van der Waals surface area contributed by atoms with Crippen molar-refractivity contribution in [2.24, 2.45) is 5.92 Å². The van der Waals surface area contributed by atoms with E-state index in [9.17, 15) is 23.2 Å². The number of rotatable bonds is 5. The molecule has 0 radical (unpaired) electrons. The van der Waals surface area contributed by atoms with E-state index in [1.807, 2.05) is 19.1 Å². The van der Waals surface area contributed by atoms with Crippen molar-refractivity contribution in [2.45, 2.75) is 26.4 Å². The zero-order valence-electron chi connectivity index (χ0n) is 15.9. The largest absolute Gasteiger partial charge is 0.452 e. The van der Waals surface area contributed by atoms with Crippen LogP contribution in [0.3, 0.4) is 0 Å². The third kappa shape index (κ3) is 4.77. The van der Waals surface area contributed by atoms with Gasteiger partial charge in [0.2, 0.25) is 5.91 Å². The minimum absolute atomic E-state index is 0.00970. The molecule has 0 bridgehead atoms. The van der Waals surface area contributed by atoms with Crippen molar-refractivity contribution in [3.05, 3.63) is 59.7 Å². The molecule has 1 aliphatic rings. The van der Waals surface area contributed by atoms with Crippen molar-refractivity contribution in [1.29, 1.82) is 0 Å². The van der Waals surface area contributed by atoms with Crippen molar-refractivity contribution in [3.63, 3.8) is 0 Å². The van der Waals surface area contributed by atoms with E-state index in [2.05, 4.69) is 5.32 Å². The molecule has 2 aromatic rings. The van der Waals surface area contributed by atoms with Crippen LogP contribution in [0.1, 0.15) is 18.9 Å². The summed E-state index contributed by atoms with van der Waals surface area (Å²) < 4.78 is 31.4. The first-order valence-corrected chi connectivity index (χ1v) is 9.08. The first-order chi connectivity index (χ1) is 13.7. The van der Waals surface area contributed by atoms with Crippen molar-refractivity contribution >= 4 is 29.2 Å². The van der Waals surface area contributed by atoms with Gasteiger partial charge in [-0.1, -0.05) is 17.7 Å². The monoisotopic (exact) mass is 402 g/mol. The average molecular weight is 402 g/mol. The number of carbonyl (C=O) groups is 3. The minimum atomic E-state index is -1.17. The molecule has 0 spiro atoms. The zero-order valence-corrected chi connectivity index (χ0v) is 15.9. The topological polar surface area (TPSA) is 75.7 Å². The third-order valence-electron chi connectivity index (χ3n) is 4.65. The van der Waals surface area contributed by atoms with Crippen molar-refractivity contribution in [2.75, 3.05) is 16.8 Å². The summed E-state index contributed by atoms with van der Waals surface area (Å²) in [4.78, 5) is 38.3. The molecule has 2 aromatic carbocycles. The van der Waals surface area contributed by atoms with Gasteiger partial charge < -0.3 is 15.0 Å². The highest BCUT2D eigenvalue weighted by Crippen LogP contribution is 2.26. The Bertz CT molecular complexity index is 946. The molecule has 0 aromatic heterocycles. The summed E-state index contributed by atoms with van der Waals surface area (Å²) >= 11 is 0. The highest BCUT2D eigenvalue weighted by atomic mass is 19.2. The third-order valence-corrected chi connectivity index (χ3v) is 4.65. The van der Waals surface area contributed by atoms with Crippen LogP contribution >= 0.6 is 0 Å². The van der Waals surface area contributed by atoms with Gasteiger partial charge in [-0.25, -0.2) is 8.78 Å². The summed E-state index contributed by atoms with van der Waals surface area (Å²) in [6.45, 7) is 3.46. The van der Waals surface area contributed by atoms with Crippen LogP contribution in [0.2, 0.25) is 0 Å². The molecule has 152 valence electrons. The number of benzene rings is 2. The van der Waals surface area contributed by atoms with E-state index in [0.717, 1.165) is 17.7 Å². The Morgan fingerprint density at radius 1 is 1.14 bits per heavy atom. The van der Waals surface area contributed by atoms with Gasteiger partial charge >= 0.3 is 5.97 Å². The van der Waals surface area contributed by atoms with Crippen molar-refractivity contribution in [3.8, 4) is 0 Å². The minimum Gasteiger partial charge on any atom is -0.452 e. The number of esters is 1. The lowest BCUT2D eigenvalue weighted by molar-refractivity contribution is -0.157. The zero-order chi connectivity index (χ0) is 21.1. The molecule has 0 aliphatic carbocycles. The molecule has 3 rings (SSSR count). The Labute approximate surface area is 166 Å². The van der Waals surface area contributed by atoms with Gasteiger partial charge in [-0.05, 0) is 38.1 Å². The van der Waals surface area contributed by atoms with Gasteiger partial charge in [0.25, 0.3) is 5.91 Å². The fourth-order valence-electron chi connectivity index (χ4n) is 2.98. The average Bonchev–Trinajstić information content (AvgIpc) is 3.07. The Morgan fingerprint density at radius 3 is 2.48 bits per heavy atom. The molecule has 0 unspecified atom stereocenters. The number of carbonyl (C=O) groups excluding carboxylic acids is 3. The molecule has 8 heteroatoms. The lowest BCUT2D eigenvalue weighted by Gasteiger charge is -2.18. The molecule has 0 saturated carbocycles. The number of anilines is 2. The van der Waals surface area contributed by atoms with Gasteiger partial charge in [0, 0.05) is 30.4 Å². The van der Waals surface area contributed by atoms with E-state index in [-0.39, 0.29) is 24.6 Å². The molecule has 2 atom stereocenters. The highest BCUT2D eigenvalue weighted by molar-refractivity contribution is 6.00. The highest BCUT2D eigenvalue weighted by Gasteiger charge is 2.37. The van der Waals surface area contributed by atoms with Gasteiger partial charge in [-0.15, -0.1) is 0 Å². The molecule has 1 saturated heterocycles. The van der Waals surface area contributed by atoms with E-state index < -0.39 is 35.5 Å². The summed E-state index contributed by atoms with van der Waals surface area (Å²) in [5.74, 6) is -4.39. The van der Waals surface area contributed by atoms with Gasteiger partial charge in [0.1, 0.15) is 0 Å². The van der Waals surface area contributed by atoms with E-state index in [1.54, 1.807) is 12.1 Å². The van der Waals surface area contributed by atoms with Crippen LogP contribution in [0.4, 0.5) is 20.2 Å². The predicted octanol–water partition coefficient (Wildman–Crippen LogP) is 3.20. The first-order valence-electron chi connectivity index (χ1n) is 9.08. The molecule has 1 heterocycles. The molecular formula is C21H20F2N2O4. The summed E-state index contributed by atoms with van der Waals surface area (Å²) in [6, 6.07) is 10.3. The smallest absolute Gasteiger partial charge is 0.312 e. The van der Waals surface area contributed by atoms with Crippen molar-refractivity contribution in [1.82, 2.24) is 0 Å². The Balaban J connectivity index is 1.57. The number of ether oxygens (including phenoxy) is 1. The number of aryl methyl sites for hydroxylation is 1. The van der Waals surface area contributed by atoms with Gasteiger partial charge in [0.15, 0.2) is 17.7 Å². The summed E-state index contributed by atoms with van der Waals surface area (Å²) in [7, 11) is 0. The van der Waals surface area contributed by atoms with Gasteiger partial charge in [-0.3, -0.25) is 14.4 Å². The van der Waals surface area contributed by atoms with E-state index in [0.29, 0.717) is 5.69 Å². The van der Waals surface area contributed by atoms with E-state index >= 15 is 0 Å². The van der Waals surface area contributed by atoms with Crippen molar-refractivity contribution < 1.29 is 27.9 Å². The van der Waals surface area contributed by atoms with Crippen LogP contribution in [0.5, 0.6) is 0 Å². The van der Waals surface area contributed by atoms with Crippen LogP contribution in [-0.4, -0.2) is 30.4 Å². The molecule has 29 heavy (non-hydrogen) atoms. The Kier molecular flexibility index (Phi) is 5.91. The molecule has 2 amide bonds. The SMILES string of the molecule is Cc1ccc(N2C[C@@H](C(=O)O[C@@H](C)C(=O)Nc3ccc(F)c(F)c3)CC2=O)cc1. The first kappa shape index (κ1) is 20.4. The van der Waals surface area contributed by atoms with Crippen LogP contribution in [0, 0.1) is 24.5 Å². The molecular weight excluding hydrogens is 382 g/mol. The fraction of sp³-hybridized carbons (Fsp3) is 0.286. The van der Waals surface area contributed by atoms with E-state index in [1.165, 1.54) is 17.9 Å². The second-order valence-corrected chi connectivity index (χ2v) is 6.94. The second kappa shape index (κ2) is 8.38. The van der Waals surface area contributed by atoms with Crippen LogP contribution < -0.4 is 10.2 Å². The van der Waals surface area contributed by atoms with Gasteiger partial charge in [0.05, 0.1) is 5.92 Å². The summed E-state index contributed by atoms with van der Waals surface area (Å²) in [5.41, 5.74) is 1.79. The molecule has 1 N–H and O–H groups in total.